The first-order chi connectivity index (χ1) is 13.4. The third-order valence-corrected chi connectivity index (χ3v) is 5.18. The van der Waals surface area contributed by atoms with Gasteiger partial charge in [0.1, 0.15) is 10.6 Å². The molecule has 0 atom stereocenters. The molecule has 8 nitrogen and oxygen atoms in total. The average Bonchev–Trinajstić information content (AvgIpc) is 3.11. The highest BCUT2D eigenvalue weighted by molar-refractivity contribution is 7.11. The summed E-state index contributed by atoms with van der Waals surface area (Å²) >= 11 is 0.615. The molecule has 0 unspecified atom stereocenters. The Balaban J connectivity index is 1.82. The van der Waals surface area contributed by atoms with E-state index >= 15 is 0 Å². The van der Waals surface area contributed by atoms with Crippen LogP contribution in [0.4, 0.5) is 0 Å². The van der Waals surface area contributed by atoms with Crippen molar-refractivity contribution in [2.24, 2.45) is 4.99 Å². The van der Waals surface area contributed by atoms with Crippen LogP contribution in [0.25, 0.3) is 5.57 Å². The number of aromatic hydroxyl groups is 2. The first-order valence-electron chi connectivity index (χ1n) is 8.15. The maximum absolute atomic E-state index is 12.4. The second kappa shape index (κ2) is 6.46. The summed E-state index contributed by atoms with van der Waals surface area (Å²) in [5.41, 5.74) is 3.17. The van der Waals surface area contributed by atoms with Gasteiger partial charge in [-0.3, -0.25) is 19.8 Å². The normalized spacial score (nSPS) is 12.6. The molecule has 4 rings (SSSR count). The fourth-order valence-corrected chi connectivity index (χ4v) is 3.78. The number of hydrogen-bond acceptors (Lipinski definition) is 6. The Labute approximate surface area is 161 Å². The molecule has 28 heavy (non-hydrogen) atoms. The van der Waals surface area contributed by atoms with Gasteiger partial charge in [0.15, 0.2) is 0 Å². The zero-order chi connectivity index (χ0) is 20.0. The van der Waals surface area contributed by atoms with Gasteiger partial charge in [0.05, 0.1) is 16.5 Å². The van der Waals surface area contributed by atoms with Crippen LogP contribution in [-0.2, 0) is 4.79 Å². The summed E-state index contributed by atoms with van der Waals surface area (Å²) in [5.74, 6) is -2.21. The van der Waals surface area contributed by atoms with Crippen LogP contribution in [0, 0.1) is 6.92 Å². The molecule has 3 aromatic rings. The monoisotopic (exact) mass is 395 g/mol. The van der Waals surface area contributed by atoms with Gasteiger partial charge < -0.3 is 10.2 Å². The van der Waals surface area contributed by atoms with Gasteiger partial charge >= 0.3 is 4.87 Å². The number of phenolic OH excluding ortho intramolecular Hbond substituents is 1. The van der Waals surface area contributed by atoms with E-state index in [1.807, 2.05) is 6.92 Å². The van der Waals surface area contributed by atoms with Crippen molar-refractivity contribution in [3.05, 3.63) is 78.7 Å². The van der Waals surface area contributed by atoms with E-state index in [1.54, 1.807) is 30.3 Å². The molecule has 1 aliphatic rings. The topological polar surface area (TPSA) is 121 Å². The number of aromatic nitrogens is 1. The SMILES string of the molecule is Cc1ccc2c(c1)=C(c1sc(=O)n(NC(=O)c3ccccc3O)c1O)C(=O)N=2. The molecule has 0 aliphatic carbocycles. The van der Waals surface area contributed by atoms with Crippen molar-refractivity contribution in [3.63, 3.8) is 0 Å². The lowest BCUT2D eigenvalue weighted by Gasteiger charge is -2.08. The van der Waals surface area contributed by atoms with Gasteiger partial charge in [0.25, 0.3) is 11.8 Å². The molecule has 140 valence electrons. The third kappa shape index (κ3) is 2.78. The molecule has 1 aromatic heterocycles. The summed E-state index contributed by atoms with van der Waals surface area (Å²) in [6.07, 6.45) is 0. The summed E-state index contributed by atoms with van der Waals surface area (Å²) in [5, 5.41) is 21.3. The number of rotatable bonds is 3. The zero-order valence-electron chi connectivity index (χ0n) is 14.5. The highest BCUT2D eigenvalue weighted by Crippen LogP contribution is 2.28. The molecule has 2 heterocycles. The number of carbonyl (C=O) groups excluding carboxylic acids is 2. The maximum atomic E-state index is 12.4. The van der Waals surface area contributed by atoms with Crippen LogP contribution in [0.15, 0.2) is 52.3 Å². The predicted molar refractivity (Wildman–Crippen MR) is 102 cm³/mol. The van der Waals surface area contributed by atoms with Gasteiger partial charge in [-0.15, -0.1) is 0 Å². The van der Waals surface area contributed by atoms with E-state index in [4.69, 9.17) is 0 Å². The number of nitrogens with one attached hydrogen (secondary N) is 1. The number of benzene rings is 2. The zero-order valence-corrected chi connectivity index (χ0v) is 15.3. The summed E-state index contributed by atoms with van der Waals surface area (Å²) in [4.78, 5) is 40.3. The van der Waals surface area contributed by atoms with Crippen LogP contribution < -0.4 is 20.9 Å². The van der Waals surface area contributed by atoms with Crippen molar-refractivity contribution in [2.45, 2.75) is 6.92 Å². The van der Waals surface area contributed by atoms with E-state index < -0.39 is 22.6 Å². The van der Waals surface area contributed by atoms with E-state index in [1.165, 1.54) is 12.1 Å². The van der Waals surface area contributed by atoms with Crippen LogP contribution >= 0.6 is 11.3 Å². The second-order valence-electron chi connectivity index (χ2n) is 6.13. The Hall–Kier alpha value is -3.72. The molecule has 0 bridgehead atoms. The van der Waals surface area contributed by atoms with Crippen LogP contribution in [-0.4, -0.2) is 26.7 Å². The number of para-hydroxylation sites is 1. The standard InChI is InChI=1S/C19H13N3O5S/c1-9-6-7-12-11(8-9)14(17(25)20-12)15-18(26)22(19(27)28-15)21-16(24)10-4-2-3-5-13(10)23/h2-8,23,26H,1H3,(H,21,24). The number of aryl methyl sites for hydroxylation is 1. The Morgan fingerprint density at radius 3 is 2.64 bits per heavy atom. The molecule has 9 heteroatoms. The van der Waals surface area contributed by atoms with Crippen molar-refractivity contribution >= 4 is 28.7 Å². The van der Waals surface area contributed by atoms with Gasteiger partial charge in [-0.2, -0.15) is 4.68 Å². The number of amides is 2. The fraction of sp³-hybridized carbons (Fsp3) is 0.0526. The minimum Gasteiger partial charge on any atom is -0.507 e. The number of carbonyl (C=O) groups is 2. The summed E-state index contributed by atoms with van der Waals surface area (Å²) in [6, 6.07) is 11.0. The van der Waals surface area contributed by atoms with Crippen molar-refractivity contribution in [1.29, 1.82) is 0 Å². The first kappa shape index (κ1) is 17.7. The Kier molecular flexibility index (Phi) is 4.08. The number of hydrogen-bond donors (Lipinski definition) is 3. The molecule has 0 spiro atoms. The molecule has 0 fully saturated rings. The molecule has 0 radical (unpaired) electrons. The highest BCUT2D eigenvalue weighted by Gasteiger charge is 2.27. The smallest absolute Gasteiger partial charge is 0.329 e. The van der Waals surface area contributed by atoms with E-state index in [2.05, 4.69) is 10.4 Å². The lowest BCUT2D eigenvalue weighted by Crippen LogP contribution is -2.29. The van der Waals surface area contributed by atoms with Crippen LogP contribution in [0.5, 0.6) is 11.6 Å². The summed E-state index contributed by atoms with van der Waals surface area (Å²) < 4.78 is 0.642. The Morgan fingerprint density at radius 1 is 1.14 bits per heavy atom. The van der Waals surface area contributed by atoms with Crippen LogP contribution in [0.1, 0.15) is 20.8 Å². The molecule has 2 amide bonds. The lowest BCUT2D eigenvalue weighted by molar-refractivity contribution is -0.112. The molecule has 3 N–H and O–H groups in total. The highest BCUT2D eigenvalue weighted by atomic mass is 32.1. The van der Waals surface area contributed by atoms with E-state index in [0.29, 0.717) is 26.6 Å². The van der Waals surface area contributed by atoms with Crippen LogP contribution in [0.3, 0.4) is 0 Å². The van der Waals surface area contributed by atoms with E-state index in [9.17, 15) is 24.6 Å². The summed E-state index contributed by atoms with van der Waals surface area (Å²) in [6.45, 7) is 1.85. The largest absolute Gasteiger partial charge is 0.507 e. The predicted octanol–water partition coefficient (Wildman–Crippen LogP) is 0.372. The first-order valence-corrected chi connectivity index (χ1v) is 8.97. The summed E-state index contributed by atoms with van der Waals surface area (Å²) in [7, 11) is 0. The van der Waals surface area contributed by atoms with Crippen molar-refractivity contribution < 1.29 is 19.8 Å². The van der Waals surface area contributed by atoms with Crippen LogP contribution in [0.2, 0.25) is 0 Å². The Bertz CT molecular complexity index is 1340. The molecule has 0 saturated carbocycles. The van der Waals surface area contributed by atoms with E-state index in [-0.39, 0.29) is 21.8 Å². The Morgan fingerprint density at radius 2 is 1.89 bits per heavy atom. The lowest BCUT2D eigenvalue weighted by atomic mass is 10.1. The number of nitrogens with zero attached hydrogens (tertiary/aromatic N) is 2. The quantitative estimate of drug-likeness (QED) is 0.592. The number of thiazole rings is 1. The molecule has 2 aromatic carbocycles. The van der Waals surface area contributed by atoms with Crippen molar-refractivity contribution in [1.82, 2.24) is 4.68 Å². The minimum absolute atomic E-state index is 0.0145. The van der Waals surface area contributed by atoms with Gasteiger partial charge in [-0.05, 0) is 31.2 Å². The van der Waals surface area contributed by atoms with Gasteiger partial charge in [-0.1, -0.05) is 35.1 Å². The molecule has 0 saturated heterocycles. The van der Waals surface area contributed by atoms with Crippen molar-refractivity contribution in [3.8, 4) is 11.6 Å². The number of fused-ring (bicyclic) bond motifs is 1. The van der Waals surface area contributed by atoms with E-state index in [0.717, 1.165) is 5.56 Å². The number of phenols is 1. The minimum atomic E-state index is -0.788. The molecule has 1 aliphatic heterocycles. The average molecular weight is 395 g/mol. The third-order valence-electron chi connectivity index (χ3n) is 4.23. The van der Waals surface area contributed by atoms with Gasteiger partial charge in [0.2, 0.25) is 5.88 Å². The maximum Gasteiger partial charge on any atom is 0.329 e. The second-order valence-corrected chi connectivity index (χ2v) is 7.09. The van der Waals surface area contributed by atoms with Crippen molar-refractivity contribution in [2.75, 3.05) is 5.43 Å². The fourth-order valence-electron chi connectivity index (χ4n) is 2.90. The van der Waals surface area contributed by atoms with Gasteiger partial charge in [-0.25, -0.2) is 4.99 Å². The molecular formula is C19H13N3O5S. The molecular weight excluding hydrogens is 382 g/mol. The van der Waals surface area contributed by atoms with Gasteiger partial charge in [0, 0.05) is 5.22 Å².